The third-order valence-corrected chi connectivity index (χ3v) is 4.23. The molecule has 2 N–H and O–H groups in total. The van der Waals surface area contributed by atoms with Crippen molar-refractivity contribution in [2.45, 2.75) is 39.0 Å². The number of ether oxygens (including phenoxy) is 2. The molecule has 0 saturated heterocycles. The number of amides is 2. The van der Waals surface area contributed by atoms with Gasteiger partial charge < -0.3 is 20.1 Å². The molecule has 138 valence electrons. The van der Waals surface area contributed by atoms with Gasteiger partial charge in [0.05, 0.1) is 6.61 Å². The first-order valence-corrected chi connectivity index (χ1v) is 9.09. The van der Waals surface area contributed by atoms with E-state index in [1.165, 1.54) is 6.42 Å². The van der Waals surface area contributed by atoms with Crippen molar-refractivity contribution in [1.29, 1.82) is 0 Å². The molecule has 2 amide bonds. The van der Waals surface area contributed by atoms with Crippen LogP contribution in [0.3, 0.4) is 0 Å². The normalized spacial score (nSPS) is 14.6. The summed E-state index contributed by atoms with van der Waals surface area (Å²) in [4.78, 5) is 23.8. The van der Waals surface area contributed by atoms with Crippen LogP contribution in [0.2, 0.25) is 0 Å². The summed E-state index contributed by atoms with van der Waals surface area (Å²) < 4.78 is 10.9. The Morgan fingerprint density at radius 1 is 1.00 bits per heavy atom. The minimum atomic E-state index is -0.224. The maximum atomic E-state index is 12.0. The predicted octanol–water partition coefficient (Wildman–Crippen LogP) is 2.28. The quantitative estimate of drug-likeness (QED) is 0.671. The van der Waals surface area contributed by atoms with Crippen LogP contribution in [0.15, 0.2) is 24.3 Å². The summed E-state index contributed by atoms with van der Waals surface area (Å²) in [5, 5.41) is 5.64. The van der Waals surface area contributed by atoms with Crippen LogP contribution in [0, 0.1) is 5.92 Å². The Morgan fingerprint density at radius 2 is 1.64 bits per heavy atom. The molecule has 0 heterocycles. The van der Waals surface area contributed by atoms with Crippen molar-refractivity contribution >= 4 is 11.8 Å². The van der Waals surface area contributed by atoms with Crippen LogP contribution in [-0.4, -0.2) is 38.1 Å². The molecule has 1 aromatic carbocycles. The van der Waals surface area contributed by atoms with Crippen molar-refractivity contribution < 1.29 is 19.1 Å². The minimum absolute atomic E-state index is 0.0827. The van der Waals surface area contributed by atoms with E-state index in [0.29, 0.717) is 31.2 Å². The Kier molecular flexibility index (Phi) is 8.09. The molecular weight excluding hydrogens is 320 g/mol. The van der Waals surface area contributed by atoms with Gasteiger partial charge >= 0.3 is 0 Å². The number of hydrogen-bond donors (Lipinski definition) is 2. The first kappa shape index (κ1) is 19.1. The number of benzene rings is 1. The molecule has 0 aromatic heterocycles. The lowest BCUT2D eigenvalue weighted by Gasteiger charge is -2.20. The summed E-state index contributed by atoms with van der Waals surface area (Å²) in [6.07, 6.45) is 5.45. The lowest BCUT2D eigenvalue weighted by atomic mass is 9.89. The van der Waals surface area contributed by atoms with Crippen LogP contribution in [0.25, 0.3) is 0 Å². The maximum Gasteiger partial charge on any atom is 0.258 e. The van der Waals surface area contributed by atoms with E-state index in [0.717, 1.165) is 25.7 Å². The van der Waals surface area contributed by atoms with Gasteiger partial charge in [-0.15, -0.1) is 0 Å². The molecule has 0 radical (unpaired) electrons. The lowest BCUT2D eigenvalue weighted by Crippen LogP contribution is -2.39. The van der Waals surface area contributed by atoms with E-state index in [-0.39, 0.29) is 24.3 Å². The summed E-state index contributed by atoms with van der Waals surface area (Å²) >= 11 is 0. The van der Waals surface area contributed by atoms with Crippen molar-refractivity contribution in [1.82, 2.24) is 10.6 Å². The van der Waals surface area contributed by atoms with Crippen LogP contribution in [0.1, 0.15) is 39.0 Å². The van der Waals surface area contributed by atoms with E-state index in [2.05, 4.69) is 10.6 Å². The van der Waals surface area contributed by atoms with Gasteiger partial charge in [0.2, 0.25) is 5.91 Å². The smallest absolute Gasteiger partial charge is 0.258 e. The van der Waals surface area contributed by atoms with Crippen LogP contribution in [0.5, 0.6) is 11.5 Å². The van der Waals surface area contributed by atoms with Crippen molar-refractivity contribution in [2.24, 2.45) is 5.92 Å². The van der Waals surface area contributed by atoms with Crippen molar-refractivity contribution in [3.8, 4) is 11.5 Å². The van der Waals surface area contributed by atoms with Crippen LogP contribution >= 0.6 is 0 Å². The Balaban J connectivity index is 1.62. The molecule has 0 atom stereocenters. The van der Waals surface area contributed by atoms with Gasteiger partial charge in [-0.3, -0.25) is 9.59 Å². The first-order valence-electron chi connectivity index (χ1n) is 9.09. The van der Waals surface area contributed by atoms with Crippen LogP contribution < -0.4 is 20.1 Å². The fraction of sp³-hybridized carbons (Fsp3) is 0.579. The number of rotatable bonds is 9. The second kappa shape index (κ2) is 10.6. The Labute approximate surface area is 149 Å². The second-order valence-corrected chi connectivity index (χ2v) is 6.14. The molecule has 6 nitrogen and oxygen atoms in total. The van der Waals surface area contributed by atoms with E-state index >= 15 is 0 Å². The number of carbonyl (C=O) groups excluding carboxylic acids is 2. The molecule has 0 bridgehead atoms. The van der Waals surface area contributed by atoms with E-state index in [9.17, 15) is 9.59 Å². The average molecular weight is 348 g/mol. The molecule has 0 aliphatic heterocycles. The largest absolute Gasteiger partial charge is 0.490 e. The topological polar surface area (TPSA) is 76.7 Å². The Hall–Kier alpha value is -2.24. The highest BCUT2D eigenvalue weighted by Crippen LogP contribution is 2.26. The first-order chi connectivity index (χ1) is 12.2. The molecule has 1 aromatic rings. The molecule has 25 heavy (non-hydrogen) atoms. The molecule has 1 fully saturated rings. The highest BCUT2D eigenvalue weighted by atomic mass is 16.5. The summed E-state index contributed by atoms with van der Waals surface area (Å²) in [6.45, 7) is 3.18. The Bertz CT molecular complexity index is 556. The minimum Gasteiger partial charge on any atom is -0.490 e. The van der Waals surface area contributed by atoms with E-state index in [1.54, 1.807) is 12.1 Å². The number of para-hydroxylation sites is 2. The standard InChI is InChI=1S/C19H28N2O4/c1-2-24-16-10-6-7-11-17(16)25-14-18(22)20-12-13-21-19(23)15-8-4-3-5-9-15/h6-7,10-11,15H,2-5,8-9,12-14H2,1H3,(H,20,22)(H,21,23). The van der Waals surface area contributed by atoms with Gasteiger partial charge in [0.1, 0.15) is 0 Å². The van der Waals surface area contributed by atoms with Gasteiger partial charge in [-0.1, -0.05) is 31.4 Å². The summed E-state index contributed by atoms with van der Waals surface area (Å²) in [7, 11) is 0. The van der Waals surface area contributed by atoms with Gasteiger partial charge in [0.15, 0.2) is 18.1 Å². The number of carbonyl (C=O) groups is 2. The molecule has 2 rings (SSSR count). The summed E-state index contributed by atoms with van der Waals surface area (Å²) in [5.74, 6) is 1.19. The highest BCUT2D eigenvalue weighted by Gasteiger charge is 2.20. The van der Waals surface area contributed by atoms with Crippen LogP contribution in [0.4, 0.5) is 0 Å². The summed E-state index contributed by atoms with van der Waals surface area (Å²) in [6, 6.07) is 7.25. The monoisotopic (exact) mass is 348 g/mol. The molecule has 1 aliphatic carbocycles. The third kappa shape index (κ3) is 6.64. The summed E-state index contributed by atoms with van der Waals surface area (Å²) in [5.41, 5.74) is 0. The average Bonchev–Trinajstić information content (AvgIpc) is 2.65. The maximum absolute atomic E-state index is 12.0. The number of hydrogen-bond acceptors (Lipinski definition) is 4. The fourth-order valence-electron chi connectivity index (χ4n) is 2.94. The van der Waals surface area contributed by atoms with E-state index < -0.39 is 0 Å². The van der Waals surface area contributed by atoms with Gasteiger partial charge in [0.25, 0.3) is 5.91 Å². The second-order valence-electron chi connectivity index (χ2n) is 6.14. The molecule has 1 saturated carbocycles. The number of nitrogens with one attached hydrogen (secondary N) is 2. The zero-order chi connectivity index (χ0) is 17.9. The van der Waals surface area contributed by atoms with Gasteiger partial charge in [-0.25, -0.2) is 0 Å². The molecular formula is C19H28N2O4. The van der Waals surface area contributed by atoms with E-state index in [1.807, 2.05) is 19.1 Å². The SMILES string of the molecule is CCOc1ccccc1OCC(=O)NCCNC(=O)C1CCCCC1. The fourth-order valence-corrected chi connectivity index (χ4v) is 2.94. The lowest BCUT2D eigenvalue weighted by molar-refractivity contribution is -0.126. The van der Waals surface area contributed by atoms with Gasteiger partial charge in [-0.05, 0) is 31.9 Å². The molecule has 6 heteroatoms. The molecule has 0 unspecified atom stereocenters. The van der Waals surface area contributed by atoms with Gasteiger partial charge in [-0.2, -0.15) is 0 Å². The molecule has 1 aliphatic rings. The zero-order valence-electron chi connectivity index (χ0n) is 14.9. The van der Waals surface area contributed by atoms with Crippen LogP contribution in [-0.2, 0) is 9.59 Å². The van der Waals surface area contributed by atoms with Gasteiger partial charge in [0, 0.05) is 19.0 Å². The predicted molar refractivity (Wildman–Crippen MR) is 95.7 cm³/mol. The van der Waals surface area contributed by atoms with Crippen molar-refractivity contribution in [3.63, 3.8) is 0 Å². The Morgan fingerprint density at radius 3 is 2.32 bits per heavy atom. The third-order valence-electron chi connectivity index (χ3n) is 4.23. The van der Waals surface area contributed by atoms with Crippen molar-refractivity contribution in [3.05, 3.63) is 24.3 Å². The highest BCUT2D eigenvalue weighted by molar-refractivity contribution is 5.79. The van der Waals surface area contributed by atoms with E-state index in [4.69, 9.17) is 9.47 Å². The zero-order valence-corrected chi connectivity index (χ0v) is 14.9. The van der Waals surface area contributed by atoms with Crippen molar-refractivity contribution in [2.75, 3.05) is 26.3 Å². The molecule has 0 spiro atoms.